The van der Waals surface area contributed by atoms with Crippen LogP contribution >= 0.6 is 0 Å². The van der Waals surface area contributed by atoms with Crippen molar-refractivity contribution in [3.8, 4) is 11.6 Å². The van der Waals surface area contributed by atoms with Crippen LogP contribution in [0.25, 0.3) is 10.8 Å². The monoisotopic (exact) mass is 636 g/mol. The number of hydrogen-bond acceptors (Lipinski definition) is 8. The van der Waals surface area contributed by atoms with Crippen molar-refractivity contribution in [2.45, 2.75) is 97.4 Å². The number of ether oxygens (including phenoxy) is 3. The normalized spacial score (nSPS) is 23.4. The molecule has 0 bridgehead atoms. The molecule has 2 aliphatic rings. The lowest BCUT2D eigenvalue weighted by atomic mass is 9.85. The van der Waals surface area contributed by atoms with Crippen LogP contribution in [0.3, 0.4) is 0 Å². The minimum atomic E-state index is -0.975. The van der Waals surface area contributed by atoms with Gasteiger partial charge in [0.25, 0.3) is 0 Å². The number of hydrogen-bond donors (Lipinski definition) is 2. The molecule has 3 amide bonds. The van der Waals surface area contributed by atoms with Gasteiger partial charge in [-0.25, -0.2) is 9.78 Å². The highest BCUT2D eigenvalue weighted by atomic mass is 16.6. The van der Waals surface area contributed by atoms with E-state index in [1.807, 2.05) is 45.0 Å². The fourth-order valence-electron chi connectivity index (χ4n) is 6.26. The molecule has 2 fully saturated rings. The highest BCUT2D eigenvalue weighted by molar-refractivity contribution is 5.93. The van der Waals surface area contributed by atoms with Gasteiger partial charge in [-0.1, -0.05) is 26.8 Å². The number of primary amides is 1. The summed E-state index contributed by atoms with van der Waals surface area (Å²) >= 11 is 0. The molecule has 1 aromatic carbocycles. The van der Waals surface area contributed by atoms with E-state index in [1.165, 1.54) is 4.90 Å². The Morgan fingerprint density at radius 3 is 2.48 bits per heavy atom. The Morgan fingerprint density at radius 2 is 1.89 bits per heavy atom. The number of allylic oxidation sites excluding steroid dienone is 1. The predicted molar refractivity (Wildman–Crippen MR) is 174 cm³/mol. The van der Waals surface area contributed by atoms with E-state index in [9.17, 15) is 19.2 Å². The van der Waals surface area contributed by atoms with Crippen LogP contribution in [0.5, 0.6) is 11.6 Å². The highest BCUT2D eigenvalue weighted by Crippen LogP contribution is 2.56. The smallest absolute Gasteiger partial charge is 0.408 e. The van der Waals surface area contributed by atoms with Crippen LogP contribution in [-0.4, -0.2) is 71.0 Å². The summed E-state index contributed by atoms with van der Waals surface area (Å²) < 4.78 is 17.2. The Hall–Kier alpha value is -4.15. The average Bonchev–Trinajstić information content (AvgIpc) is 3.55. The number of Topliss-reactive ketones (excluding diaryl/α,β-unsaturated/α-hetero) is 1. The van der Waals surface area contributed by atoms with Crippen molar-refractivity contribution in [3.63, 3.8) is 0 Å². The Morgan fingerprint density at radius 1 is 1.17 bits per heavy atom. The zero-order valence-electron chi connectivity index (χ0n) is 28.1. The first-order valence-corrected chi connectivity index (χ1v) is 15.8. The fraction of sp³-hybridized carbons (Fsp3) is 0.571. The molecule has 1 aliphatic heterocycles. The first kappa shape index (κ1) is 34.7. The van der Waals surface area contributed by atoms with Gasteiger partial charge in [0, 0.05) is 24.4 Å². The maximum atomic E-state index is 14.2. The number of alkyl carbamates (subject to hydrolysis) is 1. The molecule has 1 aromatic heterocycles. The number of likely N-dealkylation sites (tertiary alicyclic amines) is 1. The number of nitrogens with two attached hydrogens (primary N) is 1. The fourth-order valence-corrected chi connectivity index (χ4v) is 6.26. The number of nitrogens with zero attached hydrogens (tertiary/aromatic N) is 2. The average molecular weight is 637 g/mol. The minimum Gasteiger partial charge on any atom is -0.497 e. The van der Waals surface area contributed by atoms with Crippen molar-refractivity contribution < 1.29 is 33.4 Å². The van der Waals surface area contributed by atoms with Crippen LogP contribution in [0.1, 0.15) is 73.6 Å². The van der Waals surface area contributed by atoms with Crippen molar-refractivity contribution in [1.29, 1.82) is 0 Å². The van der Waals surface area contributed by atoms with Gasteiger partial charge < -0.3 is 30.2 Å². The highest BCUT2D eigenvalue weighted by Gasteiger charge is 2.56. The zero-order valence-corrected chi connectivity index (χ0v) is 28.1. The lowest BCUT2D eigenvalue weighted by Gasteiger charge is -2.35. The summed E-state index contributed by atoms with van der Waals surface area (Å²) in [6, 6.07) is 5.65. The molecule has 0 spiro atoms. The molecule has 2 heterocycles. The largest absolute Gasteiger partial charge is 0.497 e. The zero-order chi connectivity index (χ0) is 34.0. The van der Waals surface area contributed by atoms with Gasteiger partial charge in [0.15, 0.2) is 5.78 Å². The molecule has 0 unspecified atom stereocenters. The maximum Gasteiger partial charge on any atom is 0.408 e. The lowest BCUT2D eigenvalue weighted by molar-refractivity contribution is -0.141. The number of nitrogens with one attached hydrogen (secondary N) is 1. The number of rotatable bonds is 12. The number of carbonyl (C=O) groups is 4. The first-order valence-electron chi connectivity index (χ1n) is 15.8. The molecule has 0 radical (unpaired) electrons. The molecule has 11 heteroatoms. The second-order valence-corrected chi connectivity index (χ2v) is 14.5. The second-order valence-electron chi connectivity index (χ2n) is 14.5. The number of fused-ring (bicyclic) bond motifs is 1. The van der Waals surface area contributed by atoms with Gasteiger partial charge in [-0.3, -0.25) is 14.4 Å². The molecule has 5 atom stereocenters. The second kappa shape index (κ2) is 13.3. The molecule has 4 rings (SSSR count). The summed E-state index contributed by atoms with van der Waals surface area (Å²) in [4.78, 5) is 59.0. The van der Waals surface area contributed by atoms with E-state index in [2.05, 4.69) is 16.9 Å². The molecule has 1 aliphatic carbocycles. The number of methoxy groups -OCH3 is 1. The van der Waals surface area contributed by atoms with E-state index in [-0.39, 0.29) is 37.0 Å². The van der Waals surface area contributed by atoms with Crippen LogP contribution in [0.2, 0.25) is 0 Å². The number of amides is 3. The third-order valence-corrected chi connectivity index (χ3v) is 8.86. The lowest BCUT2D eigenvalue weighted by Crippen LogP contribution is -2.57. The van der Waals surface area contributed by atoms with Crippen molar-refractivity contribution in [1.82, 2.24) is 15.2 Å². The van der Waals surface area contributed by atoms with Crippen molar-refractivity contribution >= 4 is 34.5 Å². The summed E-state index contributed by atoms with van der Waals surface area (Å²) in [5.74, 6) is 0.177. The molecule has 11 nitrogen and oxygen atoms in total. The van der Waals surface area contributed by atoms with Gasteiger partial charge in [0.2, 0.25) is 17.7 Å². The van der Waals surface area contributed by atoms with Crippen LogP contribution in [-0.2, 0) is 19.1 Å². The number of benzene rings is 1. The van der Waals surface area contributed by atoms with Crippen LogP contribution in [0.15, 0.2) is 43.1 Å². The van der Waals surface area contributed by atoms with E-state index in [0.717, 1.165) is 10.8 Å². The predicted octanol–water partition coefficient (Wildman–Crippen LogP) is 4.95. The van der Waals surface area contributed by atoms with Gasteiger partial charge >= 0.3 is 6.09 Å². The Labute approximate surface area is 271 Å². The number of ketones is 1. The van der Waals surface area contributed by atoms with E-state index >= 15 is 0 Å². The van der Waals surface area contributed by atoms with Crippen molar-refractivity contribution in [2.75, 3.05) is 13.7 Å². The summed E-state index contributed by atoms with van der Waals surface area (Å²) in [5.41, 5.74) is 3.59. The molecule has 1 saturated carbocycles. The Bertz CT molecular complexity index is 1490. The third-order valence-electron chi connectivity index (χ3n) is 8.86. The standard InChI is InChI=1S/C35H48N4O7/c1-9-22-19-35(22,31(36)42)15-10-11-27(40)26-18-24(45-29-25-13-12-23(44-8)17-21(25)14-16-37-29)20-39(26)30(41)28(33(2,3)4)38-32(43)46-34(5,6)7/h9,12-14,16-17,22,24,26,28H,1,10-11,15,18-20H2,2-8H3,(H2,36,42)(H,38,43)/t22-,24-,26+,28-,35+/m1/s1. The van der Waals surface area contributed by atoms with E-state index in [0.29, 0.717) is 30.9 Å². The molecule has 3 N–H and O–H groups in total. The van der Waals surface area contributed by atoms with E-state index < -0.39 is 46.6 Å². The van der Waals surface area contributed by atoms with Crippen LogP contribution in [0, 0.1) is 16.7 Å². The Kier molecular flexibility index (Phi) is 10.0. The van der Waals surface area contributed by atoms with Gasteiger partial charge in [-0.15, -0.1) is 6.58 Å². The molecule has 46 heavy (non-hydrogen) atoms. The van der Waals surface area contributed by atoms with E-state index in [4.69, 9.17) is 19.9 Å². The van der Waals surface area contributed by atoms with Crippen molar-refractivity contribution in [2.24, 2.45) is 22.5 Å². The molecule has 1 saturated heterocycles. The van der Waals surface area contributed by atoms with Gasteiger partial charge in [-0.05, 0) is 81.0 Å². The van der Waals surface area contributed by atoms with Crippen LogP contribution < -0.4 is 20.5 Å². The SMILES string of the molecule is C=C[C@@H]1C[C@]1(CCCC(=O)[C@@H]1C[C@@H](Oc2nccc3cc(OC)ccc23)CN1C(=O)[C@@H](NC(=O)OC(C)(C)C)C(C)(C)C)C(N)=O. The summed E-state index contributed by atoms with van der Waals surface area (Å²) in [6.07, 6.45) is 4.09. The molecular weight excluding hydrogens is 588 g/mol. The van der Waals surface area contributed by atoms with Gasteiger partial charge in [0.1, 0.15) is 23.5 Å². The van der Waals surface area contributed by atoms with E-state index in [1.54, 1.807) is 40.2 Å². The number of carbonyl (C=O) groups excluding carboxylic acids is 4. The first-order chi connectivity index (χ1) is 21.5. The summed E-state index contributed by atoms with van der Waals surface area (Å²) in [5, 5.41) is 4.40. The maximum absolute atomic E-state index is 14.2. The third kappa shape index (κ3) is 7.79. The summed E-state index contributed by atoms with van der Waals surface area (Å²) in [7, 11) is 1.60. The minimum absolute atomic E-state index is 0.0158. The molecule has 250 valence electrons. The van der Waals surface area contributed by atoms with Crippen LogP contribution in [0.4, 0.5) is 4.79 Å². The van der Waals surface area contributed by atoms with Gasteiger partial charge in [-0.2, -0.15) is 0 Å². The topological polar surface area (TPSA) is 150 Å². The summed E-state index contributed by atoms with van der Waals surface area (Å²) in [6.45, 7) is 14.7. The molecular formula is C35H48N4O7. The number of pyridine rings is 1. The van der Waals surface area contributed by atoms with Crippen molar-refractivity contribution in [3.05, 3.63) is 43.1 Å². The van der Waals surface area contributed by atoms with Gasteiger partial charge in [0.05, 0.1) is 25.1 Å². The Balaban J connectivity index is 1.58. The molecule has 2 aromatic rings. The number of aromatic nitrogens is 1. The quantitative estimate of drug-likeness (QED) is 0.311.